The van der Waals surface area contributed by atoms with Gasteiger partial charge in [-0.05, 0) is 36.8 Å². The van der Waals surface area contributed by atoms with Gasteiger partial charge in [0.25, 0.3) is 10.0 Å². The number of nitrogens with two attached hydrogens (primary N) is 1. The number of rotatable bonds is 3. The van der Waals surface area contributed by atoms with E-state index >= 15 is 0 Å². The van der Waals surface area contributed by atoms with E-state index in [9.17, 15) is 12.8 Å². The summed E-state index contributed by atoms with van der Waals surface area (Å²) in [5, 5.41) is 0. The van der Waals surface area contributed by atoms with Crippen LogP contribution in [0.1, 0.15) is 5.56 Å². The maximum absolute atomic E-state index is 13.9. The number of nitrogens with zero attached hydrogens (tertiary/aromatic N) is 1. The molecule has 0 aliphatic heterocycles. The molecule has 1 aromatic heterocycles. The summed E-state index contributed by atoms with van der Waals surface area (Å²) in [6.07, 6.45) is 2.83. The Balaban J connectivity index is 2.46. The van der Waals surface area contributed by atoms with E-state index in [0.717, 1.165) is 6.07 Å². The van der Waals surface area contributed by atoms with E-state index < -0.39 is 20.7 Å². The Labute approximate surface area is 110 Å². The minimum absolute atomic E-state index is 0.173. The number of nitrogens with one attached hydrogen (secondary N) is 1. The van der Waals surface area contributed by atoms with Gasteiger partial charge in [0.1, 0.15) is 10.7 Å². The number of hydrogen-bond acceptors (Lipinski definition) is 4. The lowest BCUT2D eigenvalue weighted by Gasteiger charge is -2.10. The molecular weight excluding hydrogens is 269 g/mol. The molecule has 0 saturated carbocycles. The monoisotopic (exact) mass is 281 g/mol. The molecule has 0 aliphatic carbocycles. The van der Waals surface area contributed by atoms with Crippen molar-refractivity contribution in [3.63, 3.8) is 0 Å². The molecule has 100 valence electrons. The summed E-state index contributed by atoms with van der Waals surface area (Å²) in [4.78, 5) is 3.30. The fourth-order valence-corrected chi connectivity index (χ4v) is 2.82. The van der Waals surface area contributed by atoms with Crippen LogP contribution in [0.3, 0.4) is 0 Å². The Kier molecular flexibility index (Phi) is 3.39. The highest BCUT2D eigenvalue weighted by atomic mass is 32.2. The van der Waals surface area contributed by atoms with Crippen LogP contribution < -0.4 is 10.5 Å². The van der Waals surface area contributed by atoms with E-state index in [1.165, 1.54) is 31.5 Å². The molecule has 0 amide bonds. The van der Waals surface area contributed by atoms with Crippen LogP contribution in [0.2, 0.25) is 0 Å². The van der Waals surface area contributed by atoms with Crippen molar-refractivity contribution >= 4 is 21.4 Å². The largest absolute Gasteiger partial charge is 0.399 e. The molecule has 0 bridgehead atoms. The van der Waals surface area contributed by atoms with Gasteiger partial charge in [-0.3, -0.25) is 9.71 Å². The highest BCUT2D eigenvalue weighted by Crippen LogP contribution is 2.23. The molecule has 0 fully saturated rings. The highest BCUT2D eigenvalue weighted by molar-refractivity contribution is 7.92. The number of pyridine rings is 1. The minimum Gasteiger partial charge on any atom is -0.399 e. The van der Waals surface area contributed by atoms with Gasteiger partial charge in [0.15, 0.2) is 0 Å². The molecule has 1 heterocycles. The SMILES string of the molecule is Cc1cc(N)cc(S(=O)(=O)Nc2cccnc2)c1F. The lowest BCUT2D eigenvalue weighted by molar-refractivity contribution is 0.565. The van der Waals surface area contributed by atoms with Crippen molar-refractivity contribution in [3.05, 3.63) is 48.0 Å². The molecule has 2 aromatic rings. The van der Waals surface area contributed by atoms with Crippen molar-refractivity contribution in [3.8, 4) is 0 Å². The highest BCUT2D eigenvalue weighted by Gasteiger charge is 2.21. The number of aryl methyl sites for hydroxylation is 1. The molecule has 0 atom stereocenters. The van der Waals surface area contributed by atoms with Crippen molar-refractivity contribution in [1.29, 1.82) is 0 Å². The summed E-state index contributed by atoms with van der Waals surface area (Å²) >= 11 is 0. The van der Waals surface area contributed by atoms with Crippen molar-refractivity contribution in [2.45, 2.75) is 11.8 Å². The third-order valence-corrected chi connectivity index (χ3v) is 3.83. The van der Waals surface area contributed by atoms with Gasteiger partial charge in [-0.15, -0.1) is 0 Å². The van der Waals surface area contributed by atoms with Crippen molar-refractivity contribution < 1.29 is 12.8 Å². The predicted octanol–water partition coefficient (Wildman–Crippen LogP) is 1.91. The van der Waals surface area contributed by atoms with Crippen molar-refractivity contribution in [2.24, 2.45) is 0 Å². The fourth-order valence-electron chi connectivity index (χ4n) is 1.59. The number of aromatic nitrogens is 1. The molecule has 5 nitrogen and oxygen atoms in total. The van der Waals surface area contributed by atoms with Crippen LogP contribution in [0, 0.1) is 12.7 Å². The second-order valence-corrected chi connectivity index (χ2v) is 5.65. The average Bonchev–Trinajstić information content (AvgIpc) is 2.34. The molecule has 0 aliphatic rings. The van der Waals surface area contributed by atoms with Crippen LogP contribution in [-0.2, 0) is 10.0 Å². The van der Waals surface area contributed by atoms with Gasteiger partial charge in [0.05, 0.1) is 11.9 Å². The first kappa shape index (κ1) is 13.3. The summed E-state index contributed by atoms with van der Waals surface area (Å²) in [7, 11) is -4.03. The molecule has 7 heteroatoms. The summed E-state index contributed by atoms with van der Waals surface area (Å²) in [5.74, 6) is -0.814. The maximum atomic E-state index is 13.9. The molecule has 0 saturated heterocycles. The van der Waals surface area contributed by atoms with Gasteiger partial charge < -0.3 is 5.73 Å². The number of benzene rings is 1. The minimum atomic E-state index is -4.03. The van der Waals surface area contributed by atoms with E-state index in [-0.39, 0.29) is 16.9 Å². The Hall–Kier alpha value is -2.15. The van der Waals surface area contributed by atoms with Gasteiger partial charge >= 0.3 is 0 Å². The van der Waals surface area contributed by atoms with E-state index in [1.54, 1.807) is 6.07 Å². The molecule has 1 aromatic carbocycles. The zero-order valence-electron chi connectivity index (χ0n) is 10.1. The Morgan fingerprint density at radius 1 is 1.37 bits per heavy atom. The van der Waals surface area contributed by atoms with Crippen LogP contribution in [0.15, 0.2) is 41.6 Å². The standard InChI is InChI=1S/C12H12FN3O2S/c1-8-5-9(14)6-11(12(8)13)19(17,18)16-10-3-2-4-15-7-10/h2-7,16H,14H2,1H3. The summed E-state index contributed by atoms with van der Waals surface area (Å²) in [6.45, 7) is 1.45. The van der Waals surface area contributed by atoms with E-state index in [1.807, 2.05) is 0 Å². The second-order valence-electron chi connectivity index (χ2n) is 4.00. The quantitative estimate of drug-likeness (QED) is 0.842. The fraction of sp³-hybridized carbons (Fsp3) is 0.0833. The number of halogens is 1. The third kappa shape index (κ3) is 2.82. The molecular formula is C12H12FN3O2S. The summed E-state index contributed by atoms with van der Waals surface area (Å²) < 4.78 is 40.3. The molecule has 0 radical (unpaired) electrons. The smallest absolute Gasteiger partial charge is 0.264 e. The Bertz CT molecular complexity index is 702. The molecule has 0 unspecified atom stereocenters. The van der Waals surface area contributed by atoms with Crippen LogP contribution in [-0.4, -0.2) is 13.4 Å². The number of sulfonamides is 1. The van der Waals surface area contributed by atoms with Gasteiger partial charge in [0.2, 0.25) is 0 Å². The van der Waals surface area contributed by atoms with Crippen LogP contribution in [0.5, 0.6) is 0 Å². The number of hydrogen-bond donors (Lipinski definition) is 2. The first-order chi connectivity index (χ1) is 8.90. The normalized spacial score (nSPS) is 11.3. The van der Waals surface area contributed by atoms with Gasteiger partial charge in [-0.25, -0.2) is 12.8 Å². The molecule has 19 heavy (non-hydrogen) atoms. The van der Waals surface area contributed by atoms with E-state index in [4.69, 9.17) is 5.73 Å². The zero-order chi connectivity index (χ0) is 14.0. The Morgan fingerprint density at radius 3 is 2.74 bits per heavy atom. The summed E-state index contributed by atoms with van der Waals surface area (Å²) in [5.41, 5.74) is 6.16. The van der Waals surface area contributed by atoms with Crippen molar-refractivity contribution in [2.75, 3.05) is 10.5 Å². The van der Waals surface area contributed by atoms with Crippen LogP contribution in [0.25, 0.3) is 0 Å². The van der Waals surface area contributed by atoms with Gasteiger partial charge in [0, 0.05) is 11.9 Å². The molecule has 0 spiro atoms. The number of nitrogen functional groups attached to an aromatic ring is 1. The van der Waals surface area contributed by atoms with E-state index in [2.05, 4.69) is 9.71 Å². The lowest BCUT2D eigenvalue weighted by atomic mass is 10.2. The van der Waals surface area contributed by atoms with E-state index in [0.29, 0.717) is 0 Å². The Morgan fingerprint density at radius 2 is 2.11 bits per heavy atom. The van der Waals surface area contributed by atoms with Gasteiger partial charge in [-0.1, -0.05) is 0 Å². The number of anilines is 2. The molecule has 3 N–H and O–H groups in total. The maximum Gasteiger partial charge on any atom is 0.264 e. The average molecular weight is 281 g/mol. The lowest BCUT2D eigenvalue weighted by Crippen LogP contribution is -2.15. The first-order valence-corrected chi connectivity index (χ1v) is 6.87. The second kappa shape index (κ2) is 4.85. The van der Waals surface area contributed by atoms with Crippen LogP contribution >= 0.6 is 0 Å². The zero-order valence-corrected chi connectivity index (χ0v) is 10.9. The predicted molar refractivity (Wildman–Crippen MR) is 70.6 cm³/mol. The molecule has 2 rings (SSSR count). The van der Waals surface area contributed by atoms with Crippen molar-refractivity contribution in [1.82, 2.24) is 4.98 Å². The topological polar surface area (TPSA) is 85.1 Å². The third-order valence-electron chi connectivity index (χ3n) is 2.45. The summed E-state index contributed by atoms with van der Waals surface area (Å²) in [6, 6.07) is 5.54. The first-order valence-electron chi connectivity index (χ1n) is 5.38. The van der Waals surface area contributed by atoms with Gasteiger partial charge in [-0.2, -0.15) is 0 Å². The van der Waals surface area contributed by atoms with Crippen LogP contribution in [0.4, 0.5) is 15.8 Å².